The minimum Gasteiger partial charge on any atom is -0.504 e. The highest BCUT2D eigenvalue weighted by Gasteiger charge is 2.34. The lowest BCUT2D eigenvalue weighted by atomic mass is 9.99. The van der Waals surface area contributed by atoms with E-state index in [4.69, 9.17) is 19.3 Å². The normalized spacial score (nSPS) is 18.1. The van der Waals surface area contributed by atoms with Gasteiger partial charge in [-0.05, 0) is 47.5 Å². The lowest BCUT2D eigenvalue weighted by Gasteiger charge is -2.34. The molecule has 6 heteroatoms. The smallest absolute Gasteiger partial charge is 0.186 e. The Balaban J connectivity index is 1.77. The lowest BCUT2D eigenvalue weighted by molar-refractivity contribution is 0.0984. The van der Waals surface area contributed by atoms with E-state index in [0.29, 0.717) is 11.5 Å². The standard InChI is InChI=1S/C22H20O5S/c1-25-18-10-9-14(12-17(18)24)21-22(15-5-4-6-16(11-15)26-13-23)28-20-8-3-2-7-19(20)27-21/h2-12,21-24H,13H2,1H3. The predicted molar refractivity (Wildman–Crippen MR) is 107 cm³/mol. The van der Waals surface area contributed by atoms with Crippen molar-refractivity contribution in [2.24, 2.45) is 0 Å². The summed E-state index contributed by atoms with van der Waals surface area (Å²) in [6.45, 7) is -0.379. The van der Waals surface area contributed by atoms with Crippen molar-refractivity contribution in [2.45, 2.75) is 16.2 Å². The number of thioether (sulfide) groups is 1. The molecule has 0 radical (unpaired) electrons. The molecule has 2 N–H and O–H groups in total. The summed E-state index contributed by atoms with van der Waals surface area (Å²) in [5.74, 6) is 1.90. The molecule has 144 valence electrons. The molecule has 0 aliphatic carbocycles. The van der Waals surface area contributed by atoms with Crippen LogP contribution in [0.1, 0.15) is 22.5 Å². The third-order valence-corrected chi connectivity index (χ3v) is 5.95. The van der Waals surface area contributed by atoms with Crippen LogP contribution in [0.15, 0.2) is 71.6 Å². The quantitative estimate of drug-likeness (QED) is 0.610. The molecule has 28 heavy (non-hydrogen) atoms. The molecule has 4 rings (SSSR count). The van der Waals surface area contributed by atoms with Gasteiger partial charge in [0.05, 0.1) is 17.3 Å². The summed E-state index contributed by atoms with van der Waals surface area (Å²) in [6, 6.07) is 20.8. The van der Waals surface area contributed by atoms with Crippen LogP contribution in [0, 0.1) is 0 Å². The molecule has 0 saturated heterocycles. The Hall–Kier alpha value is -2.83. The zero-order valence-corrected chi connectivity index (χ0v) is 16.1. The average molecular weight is 396 g/mol. The molecular formula is C22H20O5S. The molecule has 3 aromatic rings. The van der Waals surface area contributed by atoms with Crippen LogP contribution in [0.2, 0.25) is 0 Å². The van der Waals surface area contributed by atoms with Crippen molar-refractivity contribution in [3.63, 3.8) is 0 Å². The fourth-order valence-electron chi connectivity index (χ4n) is 3.27. The van der Waals surface area contributed by atoms with Crippen molar-refractivity contribution in [1.29, 1.82) is 0 Å². The van der Waals surface area contributed by atoms with Crippen LogP contribution in [0.25, 0.3) is 0 Å². The third-order valence-electron chi connectivity index (χ3n) is 4.58. The maximum absolute atomic E-state index is 10.3. The Kier molecular flexibility index (Phi) is 5.32. The molecule has 0 amide bonds. The van der Waals surface area contributed by atoms with Crippen LogP contribution >= 0.6 is 11.8 Å². The topological polar surface area (TPSA) is 68.2 Å². The van der Waals surface area contributed by atoms with E-state index >= 15 is 0 Å². The van der Waals surface area contributed by atoms with Crippen LogP contribution in [-0.4, -0.2) is 24.1 Å². The SMILES string of the molecule is COc1ccc(C2Oc3ccccc3SC2c2cccc(OCO)c2)cc1O. The van der Waals surface area contributed by atoms with Crippen molar-refractivity contribution < 1.29 is 24.4 Å². The summed E-state index contributed by atoms with van der Waals surface area (Å²) in [7, 11) is 1.52. The highest BCUT2D eigenvalue weighted by atomic mass is 32.2. The average Bonchev–Trinajstić information content (AvgIpc) is 2.73. The summed E-state index contributed by atoms with van der Waals surface area (Å²) >= 11 is 1.70. The van der Waals surface area contributed by atoms with Gasteiger partial charge >= 0.3 is 0 Å². The summed E-state index contributed by atoms with van der Waals surface area (Å²) < 4.78 is 16.8. The molecule has 0 aromatic heterocycles. The van der Waals surface area contributed by atoms with E-state index in [9.17, 15) is 5.11 Å². The zero-order chi connectivity index (χ0) is 19.5. The van der Waals surface area contributed by atoms with E-state index in [0.717, 1.165) is 21.8 Å². The number of aliphatic hydroxyl groups excluding tert-OH is 1. The second-order valence-electron chi connectivity index (χ2n) is 6.30. The van der Waals surface area contributed by atoms with E-state index in [1.165, 1.54) is 7.11 Å². The van der Waals surface area contributed by atoms with Crippen LogP contribution in [0.3, 0.4) is 0 Å². The predicted octanol–water partition coefficient (Wildman–Crippen LogP) is 4.70. The number of rotatable bonds is 5. The summed E-state index contributed by atoms with van der Waals surface area (Å²) in [5, 5.41) is 19.3. The Labute approximate surface area is 167 Å². The van der Waals surface area contributed by atoms with Crippen molar-refractivity contribution in [1.82, 2.24) is 0 Å². The van der Waals surface area contributed by atoms with Crippen LogP contribution in [0.4, 0.5) is 0 Å². The number of para-hydroxylation sites is 1. The number of ether oxygens (including phenoxy) is 3. The molecule has 0 fully saturated rings. The summed E-state index contributed by atoms with van der Waals surface area (Å²) in [6.07, 6.45) is -0.318. The first-order chi connectivity index (χ1) is 13.7. The number of hydrogen-bond acceptors (Lipinski definition) is 6. The minimum absolute atomic E-state index is 0.0649. The molecule has 5 nitrogen and oxygen atoms in total. The van der Waals surface area contributed by atoms with Gasteiger partial charge in [0, 0.05) is 0 Å². The Bertz CT molecular complexity index is 975. The monoisotopic (exact) mass is 396 g/mol. The van der Waals surface area contributed by atoms with Crippen molar-refractivity contribution >= 4 is 11.8 Å². The van der Waals surface area contributed by atoms with E-state index in [1.54, 1.807) is 30.0 Å². The van der Waals surface area contributed by atoms with E-state index in [1.807, 2.05) is 48.5 Å². The molecule has 1 heterocycles. The van der Waals surface area contributed by atoms with Gasteiger partial charge in [0.15, 0.2) is 18.3 Å². The second-order valence-corrected chi connectivity index (χ2v) is 7.48. The molecule has 0 saturated carbocycles. The number of phenols is 1. The second kappa shape index (κ2) is 8.04. The van der Waals surface area contributed by atoms with Gasteiger partial charge in [-0.1, -0.05) is 30.3 Å². The minimum atomic E-state index is -0.379. The van der Waals surface area contributed by atoms with Crippen LogP contribution in [-0.2, 0) is 0 Å². The molecule has 1 aliphatic heterocycles. The Morgan fingerprint density at radius 2 is 1.86 bits per heavy atom. The van der Waals surface area contributed by atoms with Gasteiger partial charge in [-0.15, -0.1) is 11.8 Å². The van der Waals surface area contributed by atoms with Crippen molar-refractivity contribution in [3.05, 3.63) is 77.9 Å². The summed E-state index contributed by atoms with van der Waals surface area (Å²) in [5.41, 5.74) is 1.85. The van der Waals surface area contributed by atoms with Crippen LogP contribution in [0.5, 0.6) is 23.0 Å². The van der Waals surface area contributed by atoms with Crippen molar-refractivity contribution in [2.75, 3.05) is 13.9 Å². The van der Waals surface area contributed by atoms with Crippen molar-refractivity contribution in [3.8, 4) is 23.0 Å². The first kappa shape index (κ1) is 18.5. The van der Waals surface area contributed by atoms with Gasteiger partial charge in [0.2, 0.25) is 0 Å². The number of fused-ring (bicyclic) bond motifs is 1. The van der Waals surface area contributed by atoms with Gasteiger partial charge in [-0.3, -0.25) is 0 Å². The third kappa shape index (κ3) is 3.61. The van der Waals surface area contributed by atoms with Gasteiger partial charge in [0.1, 0.15) is 17.6 Å². The number of benzene rings is 3. The number of methoxy groups -OCH3 is 1. The molecule has 1 aliphatic rings. The van der Waals surface area contributed by atoms with Gasteiger partial charge in [-0.25, -0.2) is 0 Å². The molecule has 0 spiro atoms. The molecule has 2 atom stereocenters. The van der Waals surface area contributed by atoms with Gasteiger partial charge in [-0.2, -0.15) is 0 Å². The number of aliphatic hydroxyl groups is 1. The largest absolute Gasteiger partial charge is 0.504 e. The lowest BCUT2D eigenvalue weighted by Crippen LogP contribution is -2.19. The first-order valence-electron chi connectivity index (χ1n) is 8.82. The maximum atomic E-state index is 10.3. The molecular weight excluding hydrogens is 376 g/mol. The highest BCUT2D eigenvalue weighted by Crippen LogP contribution is 2.53. The van der Waals surface area contributed by atoms with E-state index < -0.39 is 0 Å². The van der Waals surface area contributed by atoms with Gasteiger partial charge in [0.25, 0.3) is 0 Å². The fraction of sp³-hybridized carbons (Fsp3) is 0.182. The number of aromatic hydroxyl groups is 1. The Morgan fingerprint density at radius 1 is 1.00 bits per heavy atom. The molecule has 3 aromatic carbocycles. The van der Waals surface area contributed by atoms with Crippen LogP contribution < -0.4 is 14.2 Å². The Morgan fingerprint density at radius 3 is 2.64 bits per heavy atom. The zero-order valence-electron chi connectivity index (χ0n) is 15.2. The van der Waals surface area contributed by atoms with E-state index in [2.05, 4.69) is 0 Å². The molecule has 0 bridgehead atoms. The number of hydrogen-bond donors (Lipinski definition) is 2. The number of phenolic OH excluding ortho intramolecular Hbond substituents is 1. The van der Waals surface area contributed by atoms with E-state index in [-0.39, 0.29) is 23.9 Å². The molecule has 2 unspecified atom stereocenters. The highest BCUT2D eigenvalue weighted by molar-refractivity contribution is 7.99. The van der Waals surface area contributed by atoms with Gasteiger partial charge < -0.3 is 24.4 Å². The fourth-order valence-corrected chi connectivity index (χ4v) is 4.55. The first-order valence-corrected chi connectivity index (χ1v) is 9.70. The summed E-state index contributed by atoms with van der Waals surface area (Å²) in [4.78, 5) is 1.05. The maximum Gasteiger partial charge on any atom is 0.186 e.